The van der Waals surface area contributed by atoms with Crippen LogP contribution >= 0.6 is 0 Å². The number of aromatic nitrogens is 2. The fraction of sp³-hybridized carbons (Fsp3) is 0.765. The molecule has 2 rings (SSSR count). The monoisotopic (exact) mass is 337 g/mol. The zero-order valence-corrected chi connectivity index (χ0v) is 15.1. The minimum Gasteiger partial charge on any atom is -0.388 e. The second kappa shape index (κ2) is 8.48. The van der Waals surface area contributed by atoms with Crippen LogP contribution in [-0.2, 0) is 7.05 Å². The predicted molar refractivity (Wildman–Crippen MR) is 93.7 cm³/mol. The lowest BCUT2D eigenvalue weighted by Crippen LogP contribution is -2.47. The van der Waals surface area contributed by atoms with Crippen molar-refractivity contribution in [1.29, 1.82) is 0 Å². The molecule has 7 nitrogen and oxygen atoms in total. The maximum Gasteiger partial charge on any atom is 0.314 e. The second-order valence-corrected chi connectivity index (χ2v) is 7.13. The summed E-state index contributed by atoms with van der Waals surface area (Å²) >= 11 is 0. The highest BCUT2D eigenvalue weighted by atomic mass is 16.3. The number of hydrogen-bond donors (Lipinski definition) is 3. The summed E-state index contributed by atoms with van der Waals surface area (Å²) in [6.45, 7) is 0.807. The van der Waals surface area contributed by atoms with Gasteiger partial charge in [-0.1, -0.05) is 25.7 Å². The minimum absolute atomic E-state index is 0.0606. The zero-order valence-electron chi connectivity index (χ0n) is 15.1. The Morgan fingerprint density at radius 3 is 2.54 bits per heavy atom. The average Bonchev–Trinajstić information content (AvgIpc) is 2.82. The van der Waals surface area contributed by atoms with Crippen LogP contribution in [0.1, 0.15) is 50.1 Å². The molecule has 7 heteroatoms. The number of amides is 2. The number of aryl methyl sites for hydroxylation is 1. The van der Waals surface area contributed by atoms with Crippen molar-refractivity contribution in [1.82, 2.24) is 25.3 Å². The van der Waals surface area contributed by atoms with E-state index in [9.17, 15) is 9.90 Å². The van der Waals surface area contributed by atoms with Gasteiger partial charge in [0, 0.05) is 31.9 Å². The molecule has 0 bridgehead atoms. The topological polar surface area (TPSA) is 82.4 Å². The molecule has 136 valence electrons. The summed E-state index contributed by atoms with van der Waals surface area (Å²) in [6.07, 6.45) is 9.71. The van der Waals surface area contributed by atoms with Crippen LogP contribution in [-0.4, -0.2) is 58.6 Å². The van der Waals surface area contributed by atoms with Crippen LogP contribution in [0.5, 0.6) is 0 Å². The Labute approximate surface area is 144 Å². The smallest absolute Gasteiger partial charge is 0.314 e. The first-order valence-electron chi connectivity index (χ1n) is 8.79. The van der Waals surface area contributed by atoms with Crippen LogP contribution in [0.2, 0.25) is 0 Å². The van der Waals surface area contributed by atoms with Crippen molar-refractivity contribution in [2.24, 2.45) is 7.05 Å². The van der Waals surface area contributed by atoms with Crippen LogP contribution in [0.4, 0.5) is 4.79 Å². The van der Waals surface area contributed by atoms with E-state index in [0.717, 1.165) is 31.2 Å². The lowest BCUT2D eigenvalue weighted by molar-refractivity contribution is 0.0276. The molecule has 0 saturated heterocycles. The highest BCUT2D eigenvalue weighted by Crippen LogP contribution is 2.26. The largest absolute Gasteiger partial charge is 0.388 e. The van der Waals surface area contributed by atoms with Crippen molar-refractivity contribution in [3.05, 3.63) is 18.0 Å². The van der Waals surface area contributed by atoms with Crippen molar-refractivity contribution >= 4 is 6.03 Å². The van der Waals surface area contributed by atoms with Crippen LogP contribution in [0.3, 0.4) is 0 Å². The summed E-state index contributed by atoms with van der Waals surface area (Å²) in [7, 11) is 5.83. The normalized spacial score (nSPS) is 18.9. The van der Waals surface area contributed by atoms with Crippen LogP contribution in [0.15, 0.2) is 12.4 Å². The predicted octanol–water partition coefficient (Wildman–Crippen LogP) is 1.41. The number of hydrogen-bond acceptors (Lipinski definition) is 4. The molecular weight excluding hydrogens is 306 g/mol. The molecule has 1 saturated carbocycles. The minimum atomic E-state index is -0.752. The molecule has 1 atom stereocenters. The first-order chi connectivity index (χ1) is 11.4. The molecule has 1 aliphatic rings. The molecule has 0 aliphatic heterocycles. The SMILES string of the molecule is CN(C)C(CNC(=O)NCC1(O)CCCCCC1)c1cnn(C)c1. The number of aliphatic hydroxyl groups is 1. The summed E-state index contributed by atoms with van der Waals surface area (Å²) < 4.78 is 1.76. The van der Waals surface area contributed by atoms with E-state index >= 15 is 0 Å². The molecule has 1 aromatic heterocycles. The molecule has 0 spiro atoms. The highest BCUT2D eigenvalue weighted by molar-refractivity contribution is 5.73. The third-order valence-corrected chi connectivity index (χ3v) is 4.80. The van der Waals surface area contributed by atoms with Crippen molar-refractivity contribution in [2.75, 3.05) is 27.2 Å². The van der Waals surface area contributed by atoms with Crippen LogP contribution in [0.25, 0.3) is 0 Å². The standard InChI is InChI=1S/C17H31N5O2/c1-21(2)15(14-10-20-22(3)12-14)11-18-16(23)19-13-17(24)8-6-4-5-7-9-17/h10,12,15,24H,4-9,11,13H2,1-3H3,(H2,18,19,23). The second-order valence-electron chi connectivity index (χ2n) is 7.13. The van der Waals surface area contributed by atoms with Gasteiger partial charge in [-0.15, -0.1) is 0 Å². The van der Waals surface area contributed by atoms with E-state index < -0.39 is 5.60 Å². The van der Waals surface area contributed by atoms with Crippen molar-refractivity contribution in [3.63, 3.8) is 0 Å². The molecule has 0 aromatic carbocycles. The van der Waals surface area contributed by atoms with Gasteiger partial charge in [0.1, 0.15) is 0 Å². The fourth-order valence-corrected chi connectivity index (χ4v) is 3.27. The van der Waals surface area contributed by atoms with Gasteiger partial charge in [-0.2, -0.15) is 5.10 Å². The van der Waals surface area contributed by atoms with Crippen molar-refractivity contribution in [3.8, 4) is 0 Å². The van der Waals surface area contributed by atoms with E-state index in [4.69, 9.17) is 0 Å². The lowest BCUT2D eigenvalue weighted by atomic mass is 9.95. The molecule has 3 N–H and O–H groups in total. The van der Waals surface area contributed by atoms with E-state index in [1.807, 2.05) is 33.5 Å². The van der Waals surface area contributed by atoms with E-state index in [0.29, 0.717) is 13.1 Å². The lowest BCUT2D eigenvalue weighted by Gasteiger charge is -2.27. The first-order valence-corrected chi connectivity index (χ1v) is 8.79. The van der Waals surface area contributed by atoms with E-state index in [2.05, 4.69) is 20.6 Å². The Hall–Kier alpha value is -1.60. The number of rotatable bonds is 6. The summed E-state index contributed by atoms with van der Waals surface area (Å²) in [6, 6.07) is -0.172. The molecule has 1 aromatic rings. The quantitative estimate of drug-likeness (QED) is 0.686. The van der Waals surface area contributed by atoms with Gasteiger partial charge in [-0.25, -0.2) is 4.79 Å². The molecule has 1 aliphatic carbocycles. The Morgan fingerprint density at radius 2 is 2.00 bits per heavy atom. The van der Waals surface area contributed by atoms with Crippen molar-refractivity contribution in [2.45, 2.75) is 50.2 Å². The van der Waals surface area contributed by atoms with Crippen LogP contribution in [0, 0.1) is 0 Å². The maximum absolute atomic E-state index is 12.1. The number of nitrogens with zero attached hydrogens (tertiary/aromatic N) is 3. The molecule has 1 unspecified atom stereocenters. The van der Waals surface area contributed by atoms with Gasteiger partial charge in [-0.05, 0) is 26.9 Å². The third-order valence-electron chi connectivity index (χ3n) is 4.80. The van der Waals surface area contributed by atoms with E-state index in [1.54, 1.807) is 4.68 Å². The van der Waals surface area contributed by atoms with Gasteiger partial charge < -0.3 is 20.6 Å². The van der Waals surface area contributed by atoms with Gasteiger partial charge in [0.2, 0.25) is 0 Å². The molecule has 0 radical (unpaired) electrons. The summed E-state index contributed by atoms with van der Waals surface area (Å²) in [5, 5.41) is 20.5. The first kappa shape index (κ1) is 18.7. The summed E-state index contributed by atoms with van der Waals surface area (Å²) in [4.78, 5) is 14.2. The number of carbonyl (C=O) groups is 1. The Morgan fingerprint density at radius 1 is 1.33 bits per heavy atom. The van der Waals surface area contributed by atoms with Gasteiger partial charge in [0.05, 0.1) is 17.8 Å². The Kier molecular flexibility index (Phi) is 6.62. The molecule has 2 amide bonds. The molecular formula is C17H31N5O2. The van der Waals surface area contributed by atoms with E-state index in [-0.39, 0.29) is 12.1 Å². The number of likely N-dealkylation sites (N-methyl/N-ethyl adjacent to an activating group) is 1. The van der Waals surface area contributed by atoms with Gasteiger partial charge in [0.25, 0.3) is 0 Å². The number of nitrogens with one attached hydrogen (secondary N) is 2. The number of carbonyl (C=O) groups excluding carboxylic acids is 1. The molecule has 1 heterocycles. The highest BCUT2D eigenvalue weighted by Gasteiger charge is 2.28. The van der Waals surface area contributed by atoms with E-state index in [1.165, 1.54) is 12.8 Å². The van der Waals surface area contributed by atoms with Gasteiger partial charge >= 0.3 is 6.03 Å². The van der Waals surface area contributed by atoms with Gasteiger partial charge in [-0.3, -0.25) is 4.68 Å². The van der Waals surface area contributed by atoms with Crippen LogP contribution < -0.4 is 10.6 Å². The van der Waals surface area contributed by atoms with Gasteiger partial charge in [0.15, 0.2) is 0 Å². The fourth-order valence-electron chi connectivity index (χ4n) is 3.27. The third kappa shape index (κ3) is 5.49. The van der Waals surface area contributed by atoms with Crippen molar-refractivity contribution < 1.29 is 9.90 Å². The summed E-state index contributed by atoms with van der Waals surface area (Å²) in [5.74, 6) is 0. The maximum atomic E-state index is 12.1. The average molecular weight is 337 g/mol. The Bertz CT molecular complexity index is 521. The summed E-state index contributed by atoms with van der Waals surface area (Å²) in [5.41, 5.74) is 0.309. The zero-order chi connectivity index (χ0) is 17.6. The Balaban J connectivity index is 1.80. The molecule has 1 fully saturated rings. The molecule has 24 heavy (non-hydrogen) atoms. The number of urea groups is 1.